The summed E-state index contributed by atoms with van der Waals surface area (Å²) >= 11 is 0. The van der Waals surface area contributed by atoms with Crippen molar-refractivity contribution in [1.82, 2.24) is 19.9 Å². The number of benzene rings is 2. The van der Waals surface area contributed by atoms with Gasteiger partial charge in [-0.05, 0) is 134 Å². The molecule has 306 valence electrons. The largest absolute Gasteiger partial charge is 0.419 e. The lowest BCUT2D eigenvalue weighted by Crippen LogP contribution is -2.09. The van der Waals surface area contributed by atoms with Gasteiger partial charge in [0.2, 0.25) is 11.5 Å². The fraction of sp³-hybridized carbons (Fsp3) is 0.261. The number of nitro groups is 2. The van der Waals surface area contributed by atoms with Crippen molar-refractivity contribution < 1.29 is 28.9 Å². The minimum Gasteiger partial charge on any atom is -0.419 e. The number of aryl methyl sites for hydroxylation is 4. The van der Waals surface area contributed by atoms with Crippen LogP contribution >= 0.6 is 0 Å². The maximum absolute atomic E-state index is 13.2. The standard InChI is InChI=1S/C46H44N6O8/c1-7-29-25(3)33-21-34-27(5)31(17-19-45(53)59-43-15-11-9-13-41(43)51(55)56)39(49-34)24-40-32(18-20-46(54)60-44-16-12-10-14-42(44)52(57)58)28(6)36(50-40)23-38-30(8-2)26(4)35(48-38)22-37(29)47-33/h9-16,21-24,47-48H,7-8,17-20H2,1-6H3. The molecule has 2 N–H and O–H groups in total. The molecule has 7 rings (SSSR count). The first-order chi connectivity index (χ1) is 28.8. The van der Waals surface area contributed by atoms with Gasteiger partial charge in [0.05, 0.1) is 45.5 Å². The molecular weight excluding hydrogens is 765 g/mol. The van der Waals surface area contributed by atoms with Crippen LogP contribution in [0.3, 0.4) is 0 Å². The Morgan fingerprint density at radius 3 is 1.42 bits per heavy atom. The first-order valence-corrected chi connectivity index (χ1v) is 19.8. The van der Waals surface area contributed by atoms with Gasteiger partial charge in [-0.3, -0.25) is 29.8 Å². The van der Waals surface area contributed by atoms with Crippen LogP contribution in [-0.4, -0.2) is 41.7 Å². The van der Waals surface area contributed by atoms with Crippen molar-refractivity contribution in [1.29, 1.82) is 0 Å². The van der Waals surface area contributed by atoms with Gasteiger partial charge in [-0.2, -0.15) is 0 Å². The number of para-hydroxylation sites is 4. The number of aromatic nitrogens is 4. The van der Waals surface area contributed by atoms with E-state index in [0.717, 1.165) is 73.9 Å². The molecule has 0 unspecified atom stereocenters. The fourth-order valence-electron chi connectivity index (χ4n) is 7.95. The summed E-state index contributed by atoms with van der Waals surface area (Å²) in [4.78, 5) is 66.0. The van der Waals surface area contributed by atoms with E-state index in [1.165, 1.54) is 42.0 Å². The molecule has 8 bridgehead atoms. The first kappa shape index (κ1) is 41.0. The zero-order chi connectivity index (χ0) is 42.8. The Bertz CT molecular complexity index is 2850. The van der Waals surface area contributed by atoms with Crippen molar-refractivity contribution in [2.75, 3.05) is 0 Å². The Kier molecular flexibility index (Phi) is 11.6. The van der Waals surface area contributed by atoms with E-state index in [4.69, 9.17) is 19.4 Å². The number of nitro benzene ring substituents is 2. The highest BCUT2D eigenvalue weighted by atomic mass is 16.6. The second-order valence-corrected chi connectivity index (χ2v) is 14.8. The van der Waals surface area contributed by atoms with Crippen molar-refractivity contribution >= 4 is 67.7 Å². The number of nitrogens with zero attached hydrogens (tertiary/aromatic N) is 4. The fourth-order valence-corrected chi connectivity index (χ4v) is 7.95. The van der Waals surface area contributed by atoms with E-state index in [1.807, 2.05) is 32.0 Å². The lowest BCUT2D eigenvalue weighted by molar-refractivity contribution is -0.385. The molecule has 14 nitrogen and oxygen atoms in total. The molecule has 0 radical (unpaired) electrons. The normalized spacial score (nSPS) is 12.5. The van der Waals surface area contributed by atoms with Crippen molar-refractivity contribution in [3.05, 3.63) is 138 Å². The van der Waals surface area contributed by atoms with Gasteiger partial charge in [-0.15, -0.1) is 0 Å². The molecule has 2 aliphatic rings. The number of aromatic amines is 2. The second-order valence-electron chi connectivity index (χ2n) is 14.8. The lowest BCUT2D eigenvalue weighted by Gasteiger charge is -2.08. The smallest absolute Gasteiger partial charge is 0.311 e. The van der Waals surface area contributed by atoms with Crippen LogP contribution in [0.2, 0.25) is 0 Å². The summed E-state index contributed by atoms with van der Waals surface area (Å²) in [5.74, 6) is -1.55. The number of hydrogen-bond acceptors (Lipinski definition) is 10. The molecule has 5 aromatic rings. The number of esters is 2. The summed E-state index contributed by atoms with van der Waals surface area (Å²) in [6.45, 7) is 12.3. The molecular formula is C46H44N6O8. The van der Waals surface area contributed by atoms with Crippen LogP contribution in [-0.2, 0) is 22.4 Å². The van der Waals surface area contributed by atoms with Gasteiger partial charge in [-0.25, -0.2) is 9.97 Å². The molecule has 5 heterocycles. The molecule has 0 amide bonds. The number of allylic oxidation sites excluding steroid dienone is 4. The Balaban J connectivity index is 1.36. The highest BCUT2D eigenvalue weighted by Gasteiger charge is 2.25. The van der Waals surface area contributed by atoms with Gasteiger partial charge >= 0.3 is 23.3 Å². The molecule has 0 fully saturated rings. The Morgan fingerprint density at radius 1 is 0.583 bits per heavy atom. The van der Waals surface area contributed by atoms with Crippen LogP contribution in [0.25, 0.3) is 44.4 Å². The number of fused-ring (bicyclic) bond motifs is 8. The molecule has 2 aliphatic heterocycles. The highest BCUT2D eigenvalue weighted by molar-refractivity contribution is 5.97. The summed E-state index contributed by atoms with van der Waals surface area (Å²) in [6, 6.07) is 19.5. The van der Waals surface area contributed by atoms with Gasteiger partial charge in [0.15, 0.2) is 0 Å². The predicted octanol–water partition coefficient (Wildman–Crippen LogP) is 10.5. The number of carbonyl (C=O) groups is 2. The van der Waals surface area contributed by atoms with E-state index < -0.39 is 21.8 Å². The highest BCUT2D eigenvalue weighted by Crippen LogP contribution is 2.39. The number of carbonyl (C=O) groups excluding carboxylic acids is 2. The molecule has 60 heavy (non-hydrogen) atoms. The van der Waals surface area contributed by atoms with Crippen molar-refractivity contribution in [3.63, 3.8) is 0 Å². The topological polar surface area (TPSA) is 196 Å². The molecule has 0 saturated carbocycles. The molecule has 0 aliphatic carbocycles. The SMILES string of the molecule is CCc1c(C)c2cc3[nH]c(cc4nc(cc5nc(cc1[nH]2)C(C)=C5CCC(=O)Oc1ccccc1[N+](=O)[O-])C(CCC(=O)Oc1ccccc1[N+](=O)[O-])=C4C)c(C)c3CC. The molecule has 0 spiro atoms. The predicted molar refractivity (Wildman–Crippen MR) is 230 cm³/mol. The van der Waals surface area contributed by atoms with Crippen LogP contribution in [0.1, 0.15) is 98.4 Å². The Hall–Kier alpha value is -7.22. The van der Waals surface area contributed by atoms with E-state index in [2.05, 4.69) is 43.7 Å². The lowest BCUT2D eigenvalue weighted by atomic mass is 9.98. The van der Waals surface area contributed by atoms with E-state index in [-0.39, 0.29) is 48.6 Å². The number of H-pyrrole nitrogens is 2. The summed E-state index contributed by atoms with van der Waals surface area (Å²) in [6.07, 6.45) is 1.81. The van der Waals surface area contributed by atoms with E-state index >= 15 is 0 Å². The van der Waals surface area contributed by atoms with Crippen LogP contribution in [0.5, 0.6) is 11.5 Å². The number of ether oxygens (including phenoxy) is 2. The number of nitrogens with one attached hydrogen (secondary N) is 2. The minimum absolute atomic E-state index is 0.0927. The van der Waals surface area contributed by atoms with Crippen molar-refractivity contribution in [2.45, 2.75) is 80.1 Å². The van der Waals surface area contributed by atoms with Gasteiger partial charge in [-0.1, -0.05) is 38.1 Å². The summed E-state index contributed by atoms with van der Waals surface area (Å²) in [7, 11) is 0. The number of rotatable bonds is 12. The van der Waals surface area contributed by atoms with Gasteiger partial charge in [0.25, 0.3) is 0 Å². The minimum atomic E-state index is -0.642. The van der Waals surface area contributed by atoms with Crippen LogP contribution in [0, 0.1) is 34.1 Å². The summed E-state index contributed by atoms with van der Waals surface area (Å²) in [5.41, 5.74) is 13.4. The average Bonchev–Trinajstić information content (AvgIpc) is 3.88. The van der Waals surface area contributed by atoms with Crippen molar-refractivity contribution in [2.24, 2.45) is 0 Å². The maximum atomic E-state index is 13.2. The molecule has 0 saturated heterocycles. The van der Waals surface area contributed by atoms with Gasteiger partial charge < -0.3 is 19.4 Å². The van der Waals surface area contributed by atoms with Crippen LogP contribution in [0.4, 0.5) is 11.4 Å². The summed E-state index contributed by atoms with van der Waals surface area (Å²) < 4.78 is 11.0. The third-order valence-electron chi connectivity index (χ3n) is 11.2. The monoisotopic (exact) mass is 808 g/mol. The first-order valence-electron chi connectivity index (χ1n) is 19.8. The molecule has 14 heteroatoms. The average molecular weight is 809 g/mol. The zero-order valence-corrected chi connectivity index (χ0v) is 34.2. The zero-order valence-electron chi connectivity index (χ0n) is 34.2. The second kappa shape index (κ2) is 16.9. The molecule has 0 atom stereocenters. The van der Waals surface area contributed by atoms with Crippen LogP contribution in [0.15, 0.2) is 72.8 Å². The van der Waals surface area contributed by atoms with Gasteiger partial charge in [0.1, 0.15) is 0 Å². The molecule has 3 aromatic heterocycles. The van der Waals surface area contributed by atoms with Crippen molar-refractivity contribution in [3.8, 4) is 11.5 Å². The van der Waals surface area contributed by atoms with Crippen LogP contribution < -0.4 is 9.47 Å². The molecule has 2 aromatic carbocycles. The third-order valence-corrected chi connectivity index (χ3v) is 11.2. The Morgan fingerprint density at radius 2 is 0.983 bits per heavy atom. The third kappa shape index (κ3) is 8.08. The van der Waals surface area contributed by atoms with E-state index in [9.17, 15) is 29.8 Å². The number of hydrogen-bond donors (Lipinski definition) is 2. The summed E-state index contributed by atoms with van der Waals surface area (Å²) in [5, 5.41) is 23.2. The van der Waals surface area contributed by atoms with E-state index in [1.54, 1.807) is 12.1 Å². The van der Waals surface area contributed by atoms with E-state index in [0.29, 0.717) is 22.8 Å². The van der Waals surface area contributed by atoms with Gasteiger partial charge in [0, 0.05) is 34.2 Å². The Labute approximate surface area is 345 Å². The quantitative estimate of drug-likeness (QED) is 0.0529. The maximum Gasteiger partial charge on any atom is 0.311 e.